The van der Waals surface area contributed by atoms with E-state index in [2.05, 4.69) is 15.6 Å². The summed E-state index contributed by atoms with van der Waals surface area (Å²) in [5, 5.41) is 5.50. The lowest BCUT2D eigenvalue weighted by Crippen LogP contribution is -2.22. The first-order valence-electron chi connectivity index (χ1n) is 5.01. The molecule has 1 unspecified atom stereocenters. The number of rotatable bonds is 2. The van der Waals surface area contributed by atoms with Crippen LogP contribution < -0.4 is 10.6 Å². The summed E-state index contributed by atoms with van der Waals surface area (Å²) < 4.78 is 36.8. The molecule has 4 nitrogen and oxygen atoms in total. The van der Waals surface area contributed by atoms with Gasteiger partial charge in [0.05, 0.1) is 11.6 Å². The Hall–Kier alpha value is -1.79. The zero-order valence-corrected chi connectivity index (χ0v) is 8.71. The maximum absolute atomic E-state index is 12.3. The van der Waals surface area contributed by atoms with Gasteiger partial charge >= 0.3 is 6.18 Å². The van der Waals surface area contributed by atoms with Gasteiger partial charge in [0.2, 0.25) is 5.91 Å². The molecule has 0 radical (unpaired) electrons. The van der Waals surface area contributed by atoms with E-state index in [1.807, 2.05) is 0 Å². The number of halogens is 3. The number of nitrogens with one attached hydrogen (secondary N) is 2. The molecule has 7 heteroatoms. The van der Waals surface area contributed by atoms with Crippen LogP contribution in [0, 0.1) is 0 Å². The van der Waals surface area contributed by atoms with Gasteiger partial charge in [-0.05, 0) is 12.1 Å². The fourth-order valence-electron chi connectivity index (χ4n) is 1.56. The number of anilines is 1. The SMILES string of the molecule is O=C1CC(Nc2ccc(C(F)(F)F)cn2)CN1. The molecule has 1 aromatic rings. The standard InChI is InChI=1S/C10H10F3N3O/c11-10(12,13)6-1-2-8(14-4-6)16-7-3-9(17)15-5-7/h1-2,4,7H,3,5H2,(H,14,16)(H,15,17). The van der Waals surface area contributed by atoms with Gasteiger partial charge in [-0.2, -0.15) is 13.2 Å². The fraction of sp³-hybridized carbons (Fsp3) is 0.400. The Labute approximate surface area is 95.2 Å². The summed E-state index contributed by atoms with van der Waals surface area (Å²) in [6.07, 6.45) is -3.30. The second-order valence-corrected chi connectivity index (χ2v) is 3.78. The lowest BCUT2D eigenvalue weighted by molar-refractivity contribution is -0.137. The van der Waals surface area contributed by atoms with Gasteiger partial charge in [0.25, 0.3) is 0 Å². The normalized spacial score (nSPS) is 20.2. The highest BCUT2D eigenvalue weighted by molar-refractivity contribution is 5.79. The van der Waals surface area contributed by atoms with Crippen LogP contribution in [0.3, 0.4) is 0 Å². The van der Waals surface area contributed by atoms with Gasteiger partial charge in [0, 0.05) is 19.2 Å². The van der Waals surface area contributed by atoms with E-state index in [9.17, 15) is 18.0 Å². The smallest absolute Gasteiger partial charge is 0.365 e. The first-order chi connectivity index (χ1) is 7.95. The molecule has 1 fully saturated rings. The highest BCUT2D eigenvalue weighted by atomic mass is 19.4. The molecule has 0 saturated carbocycles. The van der Waals surface area contributed by atoms with E-state index in [1.165, 1.54) is 6.07 Å². The Kier molecular flexibility index (Phi) is 2.91. The Morgan fingerprint density at radius 1 is 1.41 bits per heavy atom. The molecule has 1 amide bonds. The number of amides is 1. The number of hydrogen-bond acceptors (Lipinski definition) is 3. The molecule has 0 aromatic carbocycles. The van der Waals surface area contributed by atoms with E-state index in [1.54, 1.807) is 0 Å². The minimum absolute atomic E-state index is 0.0746. The molecular formula is C10H10F3N3O. The first-order valence-corrected chi connectivity index (χ1v) is 5.01. The van der Waals surface area contributed by atoms with Crippen LogP contribution in [0.5, 0.6) is 0 Å². The van der Waals surface area contributed by atoms with Gasteiger partial charge in [-0.3, -0.25) is 4.79 Å². The van der Waals surface area contributed by atoms with Crippen LogP contribution in [0.2, 0.25) is 0 Å². The topological polar surface area (TPSA) is 54.0 Å². The third-order valence-corrected chi connectivity index (χ3v) is 2.42. The first kappa shape index (κ1) is 11.7. The molecule has 0 spiro atoms. The molecule has 0 aliphatic carbocycles. The molecule has 1 saturated heterocycles. The monoisotopic (exact) mass is 245 g/mol. The van der Waals surface area contributed by atoms with E-state index in [0.717, 1.165) is 12.3 Å². The van der Waals surface area contributed by atoms with Crippen molar-refractivity contribution in [2.75, 3.05) is 11.9 Å². The lowest BCUT2D eigenvalue weighted by atomic mass is 10.2. The molecular weight excluding hydrogens is 235 g/mol. The summed E-state index contributed by atoms with van der Waals surface area (Å²) in [6.45, 7) is 0.460. The van der Waals surface area contributed by atoms with Crippen molar-refractivity contribution in [1.29, 1.82) is 0 Å². The van der Waals surface area contributed by atoms with Gasteiger partial charge in [-0.25, -0.2) is 4.98 Å². The van der Waals surface area contributed by atoms with E-state index in [4.69, 9.17) is 0 Å². The Balaban J connectivity index is 2.01. The van der Waals surface area contributed by atoms with Crippen LogP contribution >= 0.6 is 0 Å². The quantitative estimate of drug-likeness (QED) is 0.828. The van der Waals surface area contributed by atoms with E-state index < -0.39 is 11.7 Å². The Morgan fingerprint density at radius 2 is 2.18 bits per heavy atom. The van der Waals surface area contributed by atoms with Crippen LogP contribution in [0.1, 0.15) is 12.0 Å². The van der Waals surface area contributed by atoms with Crippen molar-refractivity contribution in [3.63, 3.8) is 0 Å². The van der Waals surface area contributed by atoms with E-state index in [0.29, 0.717) is 18.8 Å². The average molecular weight is 245 g/mol. The predicted molar refractivity (Wildman–Crippen MR) is 54.3 cm³/mol. The number of pyridine rings is 1. The average Bonchev–Trinajstić information content (AvgIpc) is 2.63. The highest BCUT2D eigenvalue weighted by Crippen LogP contribution is 2.28. The summed E-state index contributed by atoms with van der Waals surface area (Å²) in [5.41, 5.74) is -0.788. The third kappa shape index (κ3) is 2.86. The van der Waals surface area contributed by atoms with Crippen molar-refractivity contribution in [2.24, 2.45) is 0 Å². The third-order valence-electron chi connectivity index (χ3n) is 2.42. The molecule has 1 aliphatic rings. The molecule has 0 bridgehead atoms. The van der Waals surface area contributed by atoms with Crippen molar-refractivity contribution in [3.05, 3.63) is 23.9 Å². The van der Waals surface area contributed by atoms with Crippen LogP contribution in [0.15, 0.2) is 18.3 Å². The van der Waals surface area contributed by atoms with Crippen molar-refractivity contribution in [2.45, 2.75) is 18.6 Å². The van der Waals surface area contributed by atoms with Crippen LogP contribution in [0.25, 0.3) is 0 Å². The van der Waals surface area contributed by atoms with Gasteiger partial charge in [0.1, 0.15) is 5.82 Å². The second-order valence-electron chi connectivity index (χ2n) is 3.78. The summed E-state index contributed by atoms with van der Waals surface area (Å²) >= 11 is 0. The molecule has 17 heavy (non-hydrogen) atoms. The minimum atomic E-state index is -4.38. The fourth-order valence-corrected chi connectivity index (χ4v) is 1.56. The van der Waals surface area contributed by atoms with Gasteiger partial charge in [0.15, 0.2) is 0 Å². The summed E-state index contributed by atoms with van der Waals surface area (Å²) in [6, 6.07) is 2.09. The van der Waals surface area contributed by atoms with Gasteiger partial charge in [-0.1, -0.05) is 0 Å². The maximum Gasteiger partial charge on any atom is 0.417 e. The molecule has 2 rings (SSSR count). The molecule has 2 heterocycles. The summed E-state index contributed by atoms with van der Waals surface area (Å²) in [5.74, 6) is 0.258. The summed E-state index contributed by atoms with van der Waals surface area (Å²) in [4.78, 5) is 14.6. The minimum Gasteiger partial charge on any atom is -0.365 e. The van der Waals surface area contributed by atoms with E-state index in [-0.39, 0.29) is 11.9 Å². The molecule has 1 aliphatic heterocycles. The van der Waals surface area contributed by atoms with Crippen molar-refractivity contribution >= 4 is 11.7 Å². The molecule has 1 aromatic heterocycles. The summed E-state index contributed by atoms with van der Waals surface area (Å²) in [7, 11) is 0. The van der Waals surface area contributed by atoms with Crippen molar-refractivity contribution in [1.82, 2.24) is 10.3 Å². The number of carbonyl (C=O) groups is 1. The predicted octanol–water partition coefficient (Wildman–Crippen LogP) is 1.40. The number of alkyl halides is 3. The largest absolute Gasteiger partial charge is 0.417 e. The zero-order valence-electron chi connectivity index (χ0n) is 8.71. The Morgan fingerprint density at radius 3 is 2.65 bits per heavy atom. The maximum atomic E-state index is 12.3. The van der Waals surface area contributed by atoms with Crippen LogP contribution in [-0.2, 0) is 11.0 Å². The molecule has 2 N–H and O–H groups in total. The van der Waals surface area contributed by atoms with Crippen LogP contribution in [0.4, 0.5) is 19.0 Å². The zero-order chi connectivity index (χ0) is 12.5. The number of nitrogens with zero attached hydrogens (tertiary/aromatic N) is 1. The van der Waals surface area contributed by atoms with Crippen LogP contribution in [-0.4, -0.2) is 23.5 Å². The lowest BCUT2D eigenvalue weighted by Gasteiger charge is -2.12. The highest BCUT2D eigenvalue weighted by Gasteiger charge is 2.30. The number of carbonyl (C=O) groups excluding carboxylic acids is 1. The van der Waals surface area contributed by atoms with E-state index >= 15 is 0 Å². The Bertz CT molecular complexity index is 416. The molecule has 1 atom stereocenters. The van der Waals surface area contributed by atoms with Gasteiger partial charge < -0.3 is 10.6 Å². The van der Waals surface area contributed by atoms with Crippen molar-refractivity contribution in [3.8, 4) is 0 Å². The second kappa shape index (κ2) is 4.23. The van der Waals surface area contributed by atoms with Crippen molar-refractivity contribution < 1.29 is 18.0 Å². The van der Waals surface area contributed by atoms with Gasteiger partial charge in [-0.15, -0.1) is 0 Å². The number of hydrogen-bond donors (Lipinski definition) is 2. The molecule has 92 valence electrons. The number of aromatic nitrogens is 1.